The first-order valence-corrected chi connectivity index (χ1v) is 6.73. The van der Waals surface area contributed by atoms with Crippen LogP contribution in [-0.4, -0.2) is 10.0 Å². The third-order valence-electron chi connectivity index (χ3n) is 2.73. The summed E-state index contributed by atoms with van der Waals surface area (Å²) in [6.45, 7) is 1.52. The second-order valence-corrected chi connectivity index (χ2v) is 5.24. The average molecular weight is 328 g/mol. The Hall–Kier alpha value is -1.82. The fraction of sp³-hybridized carbons (Fsp3) is 0.143. The molecule has 2 aromatic rings. The van der Waals surface area contributed by atoms with Crippen LogP contribution in [0, 0.1) is 10.1 Å². The number of ether oxygens (including phenoxy) is 1. The Morgan fingerprint density at radius 1 is 1.19 bits per heavy atom. The van der Waals surface area contributed by atoms with E-state index in [0.717, 1.165) is 0 Å². The maximum atomic E-state index is 11.1. The van der Waals surface area contributed by atoms with Gasteiger partial charge >= 0.3 is 5.69 Å². The lowest BCUT2D eigenvalue weighted by Crippen LogP contribution is -1.97. The van der Waals surface area contributed by atoms with Crippen LogP contribution in [0.3, 0.4) is 0 Å². The molecule has 0 radical (unpaired) electrons. The van der Waals surface area contributed by atoms with E-state index in [0.29, 0.717) is 21.4 Å². The lowest BCUT2D eigenvalue weighted by atomic mass is 10.1. The molecule has 5 nitrogen and oxygen atoms in total. The molecule has 0 amide bonds. The standard InChI is InChI=1S/C14H11Cl2NO4/c1-8(18)9-2-3-14(13(4-9)17(19)20)21-12-6-10(15)5-11(16)7-12/h2-8,18H,1H3. The number of aliphatic hydroxyl groups is 1. The highest BCUT2D eigenvalue weighted by Crippen LogP contribution is 2.35. The third kappa shape index (κ3) is 3.85. The van der Waals surface area contributed by atoms with Crippen molar-refractivity contribution in [3.63, 3.8) is 0 Å². The molecule has 7 heteroatoms. The molecule has 0 aliphatic rings. The van der Waals surface area contributed by atoms with E-state index in [1.54, 1.807) is 6.07 Å². The van der Waals surface area contributed by atoms with Crippen molar-refractivity contribution in [1.82, 2.24) is 0 Å². The summed E-state index contributed by atoms with van der Waals surface area (Å²) in [5.41, 5.74) is 0.183. The van der Waals surface area contributed by atoms with Crippen molar-refractivity contribution in [3.05, 3.63) is 62.1 Å². The van der Waals surface area contributed by atoms with Crippen molar-refractivity contribution < 1.29 is 14.8 Å². The summed E-state index contributed by atoms with van der Waals surface area (Å²) >= 11 is 11.7. The quantitative estimate of drug-likeness (QED) is 0.649. The second-order valence-electron chi connectivity index (χ2n) is 4.37. The van der Waals surface area contributed by atoms with E-state index in [1.165, 1.54) is 37.3 Å². The lowest BCUT2D eigenvalue weighted by Gasteiger charge is -2.10. The van der Waals surface area contributed by atoms with Gasteiger partial charge in [0.25, 0.3) is 0 Å². The fourth-order valence-electron chi connectivity index (χ4n) is 1.74. The molecule has 21 heavy (non-hydrogen) atoms. The van der Waals surface area contributed by atoms with Gasteiger partial charge in [-0.05, 0) is 36.8 Å². The summed E-state index contributed by atoms with van der Waals surface area (Å²) < 4.78 is 5.48. The van der Waals surface area contributed by atoms with Gasteiger partial charge in [-0.3, -0.25) is 10.1 Å². The van der Waals surface area contributed by atoms with Crippen LogP contribution in [-0.2, 0) is 0 Å². The van der Waals surface area contributed by atoms with Gasteiger partial charge in [-0.1, -0.05) is 29.3 Å². The molecule has 1 atom stereocenters. The van der Waals surface area contributed by atoms with Crippen molar-refractivity contribution in [1.29, 1.82) is 0 Å². The monoisotopic (exact) mass is 327 g/mol. The second kappa shape index (κ2) is 6.30. The zero-order valence-electron chi connectivity index (χ0n) is 10.9. The van der Waals surface area contributed by atoms with Crippen molar-refractivity contribution in [2.24, 2.45) is 0 Å². The Balaban J connectivity index is 2.41. The molecule has 0 saturated carbocycles. The molecular formula is C14H11Cl2NO4. The molecule has 110 valence electrons. The molecule has 0 spiro atoms. The zero-order valence-corrected chi connectivity index (χ0v) is 12.4. The summed E-state index contributed by atoms with van der Waals surface area (Å²) in [5.74, 6) is 0.336. The van der Waals surface area contributed by atoms with Gasteiger partial charge in [0.05, 0.1) is 11.0 Å². The third-order valence-corrected chi connectivity index (χ3v) is 3.16. The average Bonchev–Trinajstić information content (AvgIpc) is 2.37. The molecule has 0 aliphatic heterocycles. The predicted octanol–water partition coefficient (Wildman–Crippen LogP) is 4.75. The summed E-state index contributed by atoms with van der Waals surface area (Å²) in [6, 6.07) is 8.78. The van der Waals surface area contributed by atoms with Crippen LogP contribution in [0.5, 0.6) is 11.5 Å². The number of benzene rings is 2. The smallest absolute Gasteiger partial charge is 0.311 e. The molecular weight excluding hydrogens is 317 g/mol. The molecule has 2 aromatic carbocycles. The number of halogens is 2. The maximum Gasteiger partial charge on any atom is 0.311 e. The van der Waals surface area contributed by atoms with E-state index < -0.39 is 11.0 Å². The first kappa shape index (κ1) is 15.6. The van der Waals surface area contributed by atoms with Crippen LogP contribution in [0.4, 0.5) is 5.69 Å². The van der Waals surface area contributed by atoms with Gasteiger partial charge in [0, 0.05) is 16.1 Å². The van der Waals surface area contributed by atoms with Gasteiger partial charge in [0.2, 0.25) is 5.75 Å². The number of hydrogen-bond donors (Lipinski definition) is 1. The molecule has 2 rings (SSSR count). The largest absolute Gasteiger partial charge is 0.450 e. The van der Waals surface area contributed by atoms with Gasteiger partial charge in [-0.15, -0.1) is 0 Å². The van der Waals surface area contributed by atoms with E-state index in [9.17, 15) is 15.2 Å². The van der Waals surface area contributed by atoms with Crippen LogP contribution in [0.15, 0.2) is 36.4 Å². The molecule has 0 bridgehead atoms. The first-order valence-electron chi connectivity index (χ1n) is 5.97. The van der Waals surface area contributed by atoms with Crippen LogP contribution in [0.1, 0.15) is 18.6 Å². The van der Waals surface area contributed by atoms with Crippen LogP contribution in [0.25, 0.3) is 0 Å². The highest BCUT2D eigenvalue weighted by atomic mass is 35.5. The Kier molecular flexibility index (Phi) is 4.67. The fourth-order valence-corrected chi connectivity index (χ4v) is 2.24. The van der Waals surface area contributed by atoms with E-state index in [1.807, 2.05) is 0 Å². The molecule has 0 heterocycles. The Labute approximate surface area is 130 Å². The Bertz CT molecular complexity index is 668. The van der Waals surface area contributed by atoms with Gasteiger partial charge in [0.1, 0.15) is 5.75 Å². The number of nitrogens with zero attached hydrogens (tertiary/aromatic N) is 1. The van der Waals surface area contributed by atoms with E-state index >= 15 is 0 Å². The zero-order chi connectivity index (χ0) is 15.6. The summed E-state index contributed by atoms with van der Waals surface area (Å²) in [4.78, 5) is 10.5. The van der Waals surface area contributed by atoms with Crippen molar-refractivity contribution in [2.75, 3.05) is 0 Å². The van der Waals surface area contributed by atoms with Gasteiger partial charge < -0.3 is 9.84 Å². The number of hydrogen-bond acceptors (Lipinski definition) is 4. The molecule has 1 N–H and O–H groups in total. The minimum atomic E-state index is -0.807. The summed E-state index contributed by atoms with van der Waals surface area (Å²) in [7, 11) is 0. The highest BCUT2D eigenvalue weighted by Gasteiger charge is 2.18. The molecule has 1 unspecified atom stereocenters. The molecule has 0 aliphatic carbocycles. The van der Waals surface area contributed by atoms with Crippen molar-refractivity contribution >= 4 is 28.9 Å². The Morgan fingerprint density at radius 3 is 2.33 bits per heavy atom. The van der Waals surface area contributed by atoms with Gasteiger partial charge in [0.15, 0.2) is 0 Å². The first-order chi connectivity index (χ1) is 9.86. The summed E-state index contributed by atoms with van der Waals surface area (Å²) in [6.07, 6.45) is -0.807. The van der Waals surface area contributed by atoms with Gasteiger partial charge in [-0.25, -0.2) is 0 Å². The highest BCUT2D eigenvalue weighted by molar-refractivity contribution is 6.34. The minimum Gasteiger partial charge on any atom is -0.450 e. The Morgan fingerprint density at radius 2 is 1.81 bits per heavy atom. The minimum absolute atomic E-state index is 0.0442. The molecule has 0 fully saturated rings. The topological polar surface area (TPSA) is 72.6 Å². The number of nitro benzene ring substituents is 1. The van der Waals surface area contributed by atoms with E-state index in [-0.39, 0.29) is 11.4 Å². The van der Waals surface area contributed by atoms with Gasteiger partial charge in [-0.2, -0.15) is 0 Å². The normalized spacial score (nSPS) is 12.0. The maximum absolute atomic E-state index is 11.1. The number of aliphatic hydroxyl groups excluding tert-OH is 1. The predicted molar refractivity (Wildman–Crippen MR) is 80.3 cm³/mol. The lowest BCUT2D eigenvalue weighted by molar-refractivity contribution is -0.385. The van der Waals surface area contributed by atoms with Crippen molar-refractivity contribution in [3.8, 4) is 11.5 Å². The van der Waals surface area contributed by atoms with Crippen LogP contribution in [0.2, 0.25) is 10.0 Å². The molecule has 0 aromatic heterocycles. The number of rotatable bonds is 4. The van der Waals surface area contributed by atoms with Crippen molar-refractivity contribution in [2.45, 2.75) is 13.0 Å². The van der Waals surface area contributed by atoms with E-state index in [2.05, 4.69) is 0 Å². The molecule has 0 saturated heterocycles. The van der Waals surface area contributed by atoms with E-state index in [4.69, 9.17) is 27.9 Å². The van der Waals surface area contributed by atoms with Crippen LogP contribution < -0.4 is 4.74 Å². The SMILES string of the molecule is CC(O)c1ccc(Oc2cc(Cl)cc(Cl)c2)c([N+](=O)[O-])c1. The summed E-state index contributed by atoms with van der Waals surface area (Å²) in [5, 5.41) is 21.3. The van der Waals surface area contributed by atoms with Crippen LogP contribution >= 0.6 is 23.2 Å². The number of nitro groups is 1.